The summed E-state index contributed by atoms with van der Waals surface area (Å²) in [7, 11) is 1.59. The van der Waals surface area contributed by atoms with Gasteiger partial charge in [0.25, 0.3) is 5.91 Å². The summed E-state index contributed by atoms with van der Waals surface area (Å²) in [4.78, 5) is 17.2. The van der Waals surface area contributed by atoms with Crippen LogP contribution in [0, 0.1) is 11.3 Å². The third kappa shape index (κ3) is 5.64. The van der Waals surface area contributed by atoms with Crippen molar-refractivity contribution in [3.05, 3.63) is 108 Å². The molecule has 1 amide bonds. The number of rotatable bonds is 7. The first kappa shape index (κ1) is 23.1. The third-order valence-electron chi connectivity index (χ3n) is 5.97. The summed E-state index contributed by atoms with van der Waals surface area (Å²) in [5, 5.41) is 12.4. The van der Waals surface area contributed by atoms with E-state index in [2.05, 4.69) is 63.6 Å². The Morgan fingerprint density at radius 2 is 1.47 bits per heavy atom. The first-order valence-corrected chi connectivity index (χ1v) is 11.3. The van der Waals surface area contributed by atoms with Crippen molar-refractivity contribution < 1.29 is 9.53 Å². The molecule has 0 radical (unpaired) electrons. The van der Waals surface area contributed by atoms with E-state index in [1.807, 2.05) is 18.2 Å². The SMILES string of the molecule is COc1ccc(NC(=O)/C(C#N)=C\N2CCN(C(c3ccccc3)c3ccccc3)CC2)cc1. The van der Waals surface area contributed by atoms with Crippen LogP contribution in [-0.2, 0) is 4.79 Å². The Balaban J connectivity index is 1.43. The van der Waals surface area contributed by atoms with E-state index in [4.69, 9.17) is 4.74 Å². The molecule has 4 rings (SSSR count). The van der Waals surface area contributed by atoms with E-state index >= 15 is 0 Å². The van der Waals surface area contributed by atoms with Crippen LogP contribution >= 0.6 is 0 Å². The number of anilines is 1. The van der Waals surface area contributed by atoms with Crippen molar-refractivity contribution in [3.8, 4) is 11.8 Å². The molecule has 1 saturated heterocycles. The highest BCUT2D eigenvalue weighted by Crippen LogP contribution is 2.29. The van der Waals surface area contributed by atoms with Crippen LogP contribution in [0.25, 0.3) is 0 Å². The minimum Gasteiger partial charge on any atom is -0.497 e. The van der Waals surface area contributed by atoms with Gasteiger partial charge < -0.3 is 15.0 Å². The van der Waals surface area contributed by atoms with Crippen molar-refractivity contribution in [3.63, 3.8) is 0 Å². The monoisotopic (exact) mass is 452 g/mol. The van der Waals surface area contributed by atoms with E-state index in [1.165, 1.54) is 11.1 Å². The minimum absolute atomic E-state index is 0.0898. The van der Waals surface area contributed by atoms with Gasteiger partial charge in [0.15, 0.2) is 0 Å². The van der Waals surface area contributed by atoms with Gasteiger partial charge in [0, 0.05) is 38.1 Å². The molecule has 172 valence electrons. The molecule has 1 aliphatic rings. The predicted octanol–water partition coefficient (Wildman–Crippen LogP) is 4.45. The maximum absolute atomic E-state index is 12.6. The van der Waals surface area contributed by atoms with Gasteiger partial charge in [-0.3, -0.25) is 9.69 Å². The molecular weight excluding hydrogens is 424 g/mol. The van der Waals surface area contributed by atoms with E-state index in [-0.39, 0.29) is 11.6 Å². The Bertz CT molecular complexity index is 1110. The zero-order chi connectivity index (χ0) is 23.8. The second kappa shape index (κ2) is 11.2. The van der Waals surface area contributed by atoms with Gasteiger partial charge in [0.1, 0.15) is 17.4 Å². The summed E-state index contributed by atoms with van der Waals surface area (Å²) in [6.45, 7) is 3.11. The highest BCUT2D eigenvalue weighted by atomic mass is 16.5. The fourth-order valence-electron chi connectivity index (χ4n) is 4.20. The average Bonchev–Trinajstić information content (AvgIpc) is 2.90. The Hall–Kier alpha value is -4.08. The van der Waals surface area contributed by atoms with E-state index in [0.29, 0.717) is 11.4 Å². The molecule has 1 aliphatic heterocycles. The normalized spacial score (nSPS) is 14.5. The lowest BCUT2D eigenvalue weighted by atomic mass is 9.96. The van der Waals surface area contributed by atoms with Crippen molar-refractivity contribution in [2.24, 2.45) is 0 Å². The number of benzene rings is 3. The number of carbonyl (C=O) groups excluding carboxylic acids is 1. The second-order valence-electron chi connectivity index (χ2n) is 8.13. The summed E-state index contributed by atoms with van der Waals surface area (Å²) in [5.41, 5.74) is 3.22. The molecular formula is C28H28N4O2. The smallest absolute Gasteiger partial charge is 0.267 e. The van der Waals surface area contributed by atoms with Crippen LogP contribution in [0.5, 0.6) is 5.75 Å². The fraction of sp³-hybridized carbons (Fsp3) is 0.214. The van der Waals surface area contributed by atoms with Crippen LogP contribution in [-0.4, -0.2) is 49.0 Å². The maximum Gasteiger partial charge on any atom is 0.267 e. The van der Waals surface area contributed by atoms with Gasteiger partial charge in [-0.1, -0.05) is 60.7 Å². The Labute approximate surface area is 200 Å². The summed E-state index contributed by atoms with van der Waals surface area (Å²) in [5.74, 6) is 0.290. The van der Waals surface area contributed by atoms with E-state index in [9.17, 15) is 10.1 Å². The number of nitrogens with zero attached hydrogens (tertiary/aromatic N) is 3. The number of piperazine rings is 1. The lowest BCUT2D eigenvalue weighted by Gasteiger charge is -2.39. The van der Waals surface area contributed by atoms with Crippen LogP contribution in [0.15, 0.2) is 96.7 Å². The largest absolute Gasteiger partial charge is 0.497 e. The van der Waals surface area contributed by atoms with Gasteiger partial charge in [-0.15, -0.1) is 0 Å². The van der Waals surface area contributed by atoms with Crippen molar-refractivity contribution in [1.29, 1.82) is 5.26 Å². The van der Waals surface area contributed by atoms with Crippen LogP contribution < -0.4 is 10.1 Å². The van der Waals surface area contributed by atoms with Gasteiger partial charge in [-0.25, -0.2) is 0 Å². The van der Waals surface area contributed by atoms with E-state index in [1.54, 1.807) is 37.6 Å². The van der Waals surface area contributed by atoms with Crippen LogP contribution in [0.2, 0.25) is 0 Å². The van der Waals surface area contributed by atoms with Crippen molar-refractivity contribution >= 4 is 11.6 Å². The van der Waals surface area contributed by atoms with E-state index < -0.39 is 5.91 Å². The Morgan fingerprint density at radius 3 is 1.97 bits per heavy atom. The first-order chi connectivity index (χ1) is 16.7. The molecule has 1 fully saturated rings. The maximum atomic E-state index is 12.6. The summed E-state index contributed by atoms with van der Waals surface area (Å²) in [6, 6.07) is 30.3. The Kier molecular flexibility index (Phi) is 7.59. The summed E-state index contributed by atoms with van der Waals surface area (Å²) in [6.07, 6.45) is 1.68. The molecule has 34 heavy (non-hydrogen) atoms. The predicted molar refractivity (Wildman–Crippen MR) is 133 cm³/mol. The zero-order valence-electron chi connectivity index (χ0n) is 19.2. The van der Waals surface area contributed by atoms with Gasteiger partial charge in [0.2, 0.25) is 0 Å². The lowest BCUT2D eigenvalue weighted by molar-refractivity contribution is -0.112. The van der Waals surface area contributed by atoms with Crippen molar-refractivity contribution in [1.82, 2.24) is 9.80 Å². The zero-order valence-corrected chi connectivity index (χ0v) is 19.2. The minimum atomic E-state index is -0.415. The number of nitrogens with one attached hydrogen (secondary N) is 1. The molecule has 1 heterocycles. The quantitative estimate of drug-likeness (QED) is 0.424. The molecule has 6 nitrogen and oxygen atoms in total. The van der Waals surface area contributed by atoms with Crippen molar-refractivity contribution in [2.75, 3.05) is 38.6 Å². The first-order valence-electron chi connectivity index (χ1n) is 11.3. The van der Waals surface area contributed by atoms with Crippen molar-refractivity contribution in [2.45, 2.75) is 6.04 Å². The summed E-state index contributed by atoms with van der Waals surface area (Å²) >= 11 is 0. The molecule has 0 aliphatic carbocycles. The van der Waals surface area contributed by atoms with Crippen LogP contribution in [0.3, 0.4) is 0 Å². The van der Waals surface area contributed by atoms with Gasteiger partial charge >= 0.3 is 0 Å². The Morgan fingerprint density at radius 1 is 0.912 bits per heavy atom. The second-order valence-corrected chi connectivity index (χ2v) is 8.13. The molecule has 3 aromatic carbocycles. The van der Waals surface area contributed by atoms with Gasteiger partial charge in [-0.2, -0.15) is 5.26 Å². The number of hydrogen-bond acceptors (Lipinski definition) is 5. The molecule has 6 heteroatoms. The van der Waals surface area contributed by atoms with Gasteiger partial charge in [-0.05, 0) is 35.4 Å². The van der Waals surface area contributed by atoms with Crippen LogP contribution in [0.1, 0.15) is 17.2 Å². The van der Waals surface area contributed by atoms with Crippen LogP contribution in [0.4, 0.5) is 5.69 Å². The highest BCUT2D eigenvalue weighted by molar-refractivity contribution is 6.06. The third-order valence-corrected chi connectivity index (χ3v) is 5.97. The molecule has 0 bridgehead atoms. The number of ether oxygens (including phenoxy) is 1. The molecule has 3 aromatic rings. The molecule has 0 saturated carbocycles. The topological polar surface area (TPSA) is 68.6 Å². The van der Waals surface area contributed by atoms with Gasteiger partial charge in [0.05, 0.1) is 13.2 Å². The molecule has 0 unspecified atom stereocenters. The average molecular weight is 453 g/mol. The number of amides is 1. The fourth-order valence-corrected chi connectivity index (χ4v) is 4.20. The number of nitriles is 1. The number of hydrogen-bond donors (Lipinski definition) is 1. The standard InChI is InChI=1S/C28H28N4O2/c1-34-26-14-12-25(13-15-26)30-28(33)24(20-29)21-31-16-18-32(19-17-31)27(22-8-4-2-5-9-22)23-10-6-3-7-11-23/h2-15,21,27H,16-19H2,1H3,(H,30,33)/b24-21-. The highest BCUT2D eigenvalue weighted by Gasteiger charge is 2.26. The molecule has 0 aromatic heterocycles. The molecule has 0 spiro atoms. The number of methoxy groups -OCH3 is 1. The number of carbonyl (C=O) groups is 1. The molecule has 1 N–H and O–H groups in total. The molecule has 0 atom stereocenters. The van der Waals surface area contributed by atoms with E-state index in [0.717, 1.165) is 26.2 Å². The summed E-state index contributed by atoms with van der Waals surface area (Å²) < 4.78 is 5.14. The lowest BCUT2D eigenvalue weighted by Crippen LogP contribution is -2.46.